The Kier molecular flexibility index (Phi) is 3.43. The largest absolute Gasteiger partial charge is 0.329 e. The molecule has 92 valence electrons. The van der Waals surface area contributed by atoms with Gasteiger partial charge in [-0.2, -0.15) is 0 Å². The van der Waals surface area contributed by atoms with Gasteiger partial charge in [-0.3, -0.25) is 0 Å². The van der Waals surface area contributed by atoms with Crippen LogP contribution in [0.1, 0.15) is 25.2 Å². The van der Waals surface area contributed by atoms with E-state index in [0.717, 1.165) is 30.0 Å². The van der Waals surface area contributed by atoms with Crippen molar-refractivity contribution in [1.82, 2.24) is 14.5 Å². The molecule has 0 spiro atoms. The van der Waals surface area contributed by atoms with Gasteiger partial charge in [0.2, 0.25) is 0 Å². The first-order valence-electron chi connectivity index (χ1n) is 6.14. The van der Waals surface area contributed by atoms with E-state index in [4.69, 9.17) is 10.7 Å². The quantitative estimate of drug-likeness (QED) is 0.876. The maximum absolute atomic E-state index is 5.67. The highest BCUT2D eigenvalue weighted by Gasteiger charge is 2.13. The van der Waals surface area contributed by atoms with Gasteiger partial charge in [-0.25, -0.2) is 9.97 Å². The van der Waals surface area contributed by atoms with Crippen molar-refractivity contribution >= 4 is 11.2 Å². The summed E-state index contributed by atoms with van der Waals surface area (Å²) >= 11 is 0. The third kappa shape index (κ3) is 2.31. The summed E-state index contributed by atoms with van der Waals surface area (Å²) < 4.78 is 2.16. The molecule has 0 aliphatic rings. The molecule has 2 rings (SSSR count). The van der Waals surface area contributed by atoms with Crippen LogP contribution in [-0.4, -0.2) is 21.1 Å². The lowest BCUT2D eigenvalue weighted by molar-refractivity contribution is 0.580. The number of hydrogen-bond donors (Lipinski definition) is 1. The Hall–Kier alpha value is -1.42. The molecule has 17 heavy (non-hydrogen) atoms. The van der Waals surface area contributed by atoms with Gasteiger partial charge in [0, 0.05) is 25.7 Å². The maximum Gasteiger partial charge on any atom is 0.160 e. The van der Waals surface area contributed by atoms with Gasteiger partial charge < -0.3 is 10.3 Å². The van der Waals surface area contributed by atoms with Crippen molar-refractivity contribution in [1.29, 1.82) is 0 Å². The van der Waals surface area contributed by atoms with E-state index in [-0.39, 0.29) is 0 Å². The number of imidazole rings is 1. The first-order valence-corrected chi connectivity index (χ1v) is 6.14. The van der Waals surface area contributed by atoms with Crippen molar-refractivity contribution in [3.05, 3.63) is 23.7 Å². The SMILES string of the molecule is Cc1ccnc2c1nc(CC(C)C)n2CCN. The van der Waals surface area contributed by atoms with E-state index < -0.39 is 0 Å². The van der Waals surface area contributed by atoms with Gasteiger partial charge in [-0.05, 0) is 24.5 Å². The Bertz CT molecular complexity index is 513. The summed E-state index contributed by atoms with van der Waals surface area (Å²) in [6, 6.07) is 2.00. The van der Waals surface area contributed by atoms with Gasteiger partial charge in [0.1, 0.15) is 11.3 Å². The van der Waals surface area contributed by atoms with Crippen LogP contribution in [0.3, 0.4) is 0 Å². The molecule has 0 aliphatic heterocycles. The van der Waals surface area contributed by atoms with E-state index in [1.807, 2.05) is 12.3 Å². The lowest BCUT2D eigenvalue weighted by atomic mass is 10.1. The lowest BCUT2D eigenvalue weighted by Crippen LogP contribution is -2.14. The first kappa shape index (κ1) is 12.0. The van der Waals surface area contributed by atoms with E-state index in [1.54, 1.807) is 0 Å². The number of aryl methyl sites for hydroxylation is 1. The molecule has 0 bridgehead atoms. The predicted octanol–water partition coefficient (Wildman–Crippen LogP) is 1.90. The van der Waals surface area contributed by atoms with Gasteiger partial charge >= 0.3 is 0 Å². The van der Waals surface area contributed by atoms with Gasteiger partial charge in [-0.15, -0.1) is 0 Å². The number of hydrogen-bond acceptors (Lipinski definition) is 3. The minimum Gasteiger partial charge on any atom is -0.329 e. The number of nitrogens with two attached hydrogens (primary N) is 1. The van der Waals surface area contributed by atoms with Gasteiger partial charge in [0.25, 0.3) is 0 Å². The van der Waals surface area contributed by atoms with E-state index in [0.29, 0.717) is 12.5 Å². The summed E-state index contributed by atoms with van der Waals surface area (Å²) in [5.41, 5.74) is 8.82. The fraction of sp³-hybridized carbons (Fsp3) is 0.538. The number of pyridine rings is 1. The van der Waals surface area contributed by atoms with E-state index >= 15 is 0 Å². The van der Waals surface area contributed by atoms with Gasteiger partial charge in [0.05, 0.1) is 0 Å². The van der Waals surface area contributed by atoms with E-state index in [9.17, 15) is 0 Å². The number of fused-ring (bicyclic) bond motifs is 1. The second kappa shape index (κ2) is 4.84. The van der Waals surface area contributed by atoms with Crippen LogP contribution in [0, 0.1) is 12.8 Å². The fourth-order valence-corrected chi connectivity index (χ4v) is 2.07. The summed E-state index contributed by atoms with van der Waals surface area (Å²) in [7, 11) is 0. The van der Waals surface area contributed by atoms with Crippen LogP contribution in [0.25, 0.3) is 11.2 Å². The normalized spacial score (nSPS) is 11.6. The Morgan fingerprint density at radius 2 is 2.18 bits per heavy atom. The third-order valence-corrected chi connectivity index (χ3v) is 2.86. The number of aromatic nitrogens is 3. The van der Waals surface area contributed by atoms with Crippen LogP contribution >= 0.6 is 0 Å². The highest BCUT2D eigenvalue weighted by Crippen LogP contribution is 2.19. The lowest BCUT2D eigenvalue weighted by Gasteiger charge is -2.08. The minimum atomic E-state index is 0.587. The molecule has 2 aromatic rings. The standard InChI is InChI=1S/C13H20N4/c1-9(2)8-11-16-12-10(3)4-6-15-13(12)17(11)7-5-14/h4,6,9H,5,7-8,14H2,1-3H3. The van der Waals surface area contributed by atoms with Crippen molar-refractivity contribution in [2.75, 3.05) is 6.54 Å². The average Bonchev–Trinajstić information content (AvgIpc) is 2.59. The molecule has 2 N–H and O–H groups in total. The topological polar surface area (TPSA) is 56.7 Å². The summed E-state index contributed by atoms with van der Waals surface area (Å²) in [5.74, 6) is 1.69. The average molecular weight is 232 g/mol. The van der Waals surface area contributed by atoms with Crippen molar-refractivity contribution in [3.8, 4) is 0 Å². The van der Waals surface area contributed by atoms with Crippen LogP contribution in [-0.2, 0) is 13.0 Å². The Labute approximate surface area is 102 Å². The van der Waals surface area contributed by atoms with Crippen molar-refractivity contribution in [2.45, 2.75) is 33.7 Å². The fourth-order valence-electron chi connectivity index (χ4n) is 2.07. The molecule has 0 aromatic carbocycles. The first-order chi connectivity index (χ1) is 8.13. The maximum atomic E-state index is 5.67. The molecular weight excluding hydrogens is 212 g/mol. The zero-order valence-corrected chi connectivity index (χ0v) is 10.8. The molecular formula is C13H20N4. The number of nitrogens with zero attached hydrogens (tertiary/aromatic N) is 3. The number of rotatable bonds is 4. The predicted molar refractivity (Wildman–Crippen MR) is 69.9 cm³/mol. The highest BCUT2D eigenvalue weighted by atomic mass is 15.1. The van der Waals surface area contributed by atoms with Crippen LogP contribution in [0.4, 0.5) is 0 Å². The Morgan fingerprint density at radius 3 is 2.82 bits per heavy atom. The molecule has 0 saturated heterocycles. The summed E-state index contributed by atoms with van der Waals surface area (Å²) in [6.45, 7) is 7.88. The van der Waals surface area contributed by atoms with Crippen LogP contribution in [0.15, 0.2) is 12.3 Å². The van der Waals surface area contributed by atoms with Crippen LogP contribution in [0.2, 0.25) is 0 Å². The molecule has 0 amide bonds. The molecule has 0 radical (unpaired) electrons. The Morgan fingerprint density at radius 1 is 1.41 bits per heavy atom. The smallest absolute Gasteiger partial charge is 0.160 e. The molecule has 0 aliphatic carbocycles. The van der Waals surface area contributed by atoms with Crippen molar-refractivity contribution in [2.24, 2.45) is 11.7 Å². The second-order valence-electron chi connectivity index (χ2n) is 4.87. The molecule has 0 saturated carbocycles. The summed E-state index contributed by atoms with van der Waals surface area (Å²) in [6.07, 6.45) is 2.81. The third-order valence-electron chi connectivity index (χ3n) is 2.86. The minimum absolute atomic E-state index is 0.587. The van der Waals surface area contributed by atoms with Gasteiger partial charge in [-0.1, -0.05) is 13.8 Å². The highest BCUT2D eigenvalue weighted by molar-refractivity contribution is 5.75. The zero-order valence-electron chi connectivity index (χ0n) is 10.8. The molecule has 0 atom stereocenters. The molecule has 0 fully saturated rings. The van der Waals surface area contributed by atoms with Crippen LogP contribution < -0.4 is 5.73 Å². The molecule has 0 unspecified atom stereocenters. The van der Waals surface area contributed by atoms with Crippen molar-refractivity contribution < 1.29 is 0 Å². The second-order valence-corrected chi connectivity index (χ2v) is 4.87. The van der Waals surface area contributed by atoms with Crippen molar-refractivity contribution in [3.63, 3.8) is 0 Å². The molecule has 2 aromatic heterocycles. The van der Waals surface area contributed by atoms with E-state index in [1.165, 1.54) is 5.56 Å². The zero-order chi connectivity index (χ0) is 12.4. The Balaban J connectivity index is 2.57. The van der Waals surface area contributed by atoms with Crippen LogP contribution in [0.5, 0.6) is 0 Å². The molecule has 4 heteroatoms. The molecule has 2 heterocycles. The van der Waals surface area contributed by atoms with Gasteiger partial charge in [0.15, 0.2) is 5.65 Å². The summed E-state index contributed by atoms with van der Waals surface area (Å²) in [4.78, 5) is 9.15. The molecule has 4 nitrogen and oxygen atoms in total. The van der Waals surface area contributed by atoms with E-state index in [2.05, 4.69) is 30.3 Å². The summed E-state index contributed by atoms with van der Waals surface area (Å²) in [5, 5.41) is 0. The monoisotopic (exact) mass is 232 g/mol.